The third kappa shape index (κ3) is 9.25. The molecule has 12 heteroatoms. The first-order chi connectivity index (χ1) is 24.8. The second-order valence-corrected chi connectivity index (χ2v) is 14.1. The molecule has 51 heavy (non-hydrogen) atoms. The third-order valence-corrected chi connectivity index (χ3v) is 10.6. The van der Waals surface area contributed by atoms with Crippen molar-refractivity contribution in [2.75, 3.05) is 18.9 Å². The molecule has 2 aliphatic carbocycles. The Bertz CT molecular complexity index is 1760. The van der Waals surface area contributed by atoms with E-state index in [2.05, 4.69) is 41.9 Å². The molecule has 3 amide bonds. The van der Waals surface area contributed by atoms with E-state index in [-0.39, 0.29) is 29.7 Å². The highest BCUT2D eigenvalue weighted by atomic mass is 16.2. The van der Waals surface area contributed by atoms with Gasteiger partial charge in [-0.15, -0.1) is 5.10 Å². The highest BCUT2D eigenvalue weighted by molar-refractivity contribution is 5.98. The predicted molar refractivity (Wildman–Crippen MR) is 198 cm³/mol. The number of amides is 3. The number of nitrogens with one attached hydrogen (secondary N) is 5. The van der Waals surface area contributed by atoms with Gasteiger partial charge in [0.15, 0.2) is 5.82 Å². The Morgan fingerprint density at radius 1 is 0.863 bits per heavy atom. The van der Waals surface area contributed by atoms with Crippen LogP contribution in [0.5, 0.6) is 0 Å². The maximum absolute atomic E-state index is 13.7. The lowest BCUT2D eigenvalue weighted by Gasteiger charge is -2.28. The smallest absolute Gasteiger partial charge is 0.251 e. The topological polar surface area (TPSA) is 180 Å². The fourth-order valence-electron chi connectivity index (χ4n) is 7.36. The quantitative estimate of drug-likeness (QED) is 0.125. The molecule has 1 heterocycles. The summed E-state index contributed by atoms with van der Waals surface area (Å²) in [5, 5.41) is 26.5. The van der Waals surface area contributed by atoms with Crippen LogP contribution in [0, 0.1) is 18.8 Å². The Kier molecular flexibility index (Phi) is 11.8. The van der Waals surface area contributed by atoms with Crippen LogP contribution >= 0.6 is 0 Å². The van der Waals surface area contributed by atoms with Gasteiger partial charge in [0.05, 0.1) is 0 Å². The van der Waals surface area contributed by atoms with E-state index in [0.29, 0.717) is 42.0 Å². The zero-order chi connectivity index (χ0) is 35.7. The largest absolute Gasteiger partial charge is 0.349 e. The average molecular weight is 692 g/mol. The zero-order valence-corrected chi connectivity index (χ0v) is 29.5. The second-order valence-electron chi connectivity index (χ2n) is 14.1. The summed E-state index contributed by atoms with van der Waals surface area (Å²) in [6.45, 7) is 2.66. The van der Waals surface area contributed by atoms with Crippen LogP contribution in [0.15, 0.2) is 66.7 Å². The monoisotopic (exact) mass is 691 g/mol. The molecule has 12 nitrogen and oxygen atoms in total. The van der Waals surface area contributed by atoms with Gasteiger partial charge in [0.2, 0.25) is 11.8 Å². The molecule has 0 aliphatic heterocycles. The van der Waals surface area contributed by atoms with Gasteiger partial charge in [-0.3, -0.25) is 14.4 Å². The van der Waals surface area contributed by atoms with Crippen molar-refractivity contribution in [3.05, 3.63) is 83.4 Å². The Labute approximate surface area is 299 Å². The standard InChI is InChI=1S/C39H49N9O3/c1-24-21-30(38(50)42-33-18-16-31(41-2)17-19-33)13-20-34(24)27-7-3-25(4-8-27)22-35(44-37(49)29-9-5-26(23-40)6-10-29)39(51)43-32-14-11-28(12-15-32)36-45-47-48-46-36/h3-4,7-8,11-15,20-21,26,29,31,33,35,41H,5-6,9-10,16-19,22-23,40H2,1-2H3,(H,42,50)(H,43,51)(H,44,49)(H,45,46,47,48)/t26-,29-,31?,33?,35-/m0/s1. The summed E-state index contributed by atoms with van der Waals surface area (Å²) in [4.78, 5) is 40.2. The molecular formula is C39H49N9O3. The molecule has 0 radical (unpaired) electrons. The number of nitrogens with two attached hydrogens (primary N) is 1. The van der Waals surface area contributed by atoms with Gasteiger partial charge in [0.1, 0.15) is 6.04 Å². The number of aromatic nitrogens is 4. The van der Waals surface area contributed by atoms with Crippen molar-refractivity contribution in [1.29, 1.82) is 0 Å². The fourth-order valence-corrected chi connectivity index (χ4v) is 7.36. The van der Waals surface area contributed by atoms with Crippen molar-refractivity contribution in [2.24, 2.45) is 17.6 Å². The third-order valence-electron chi connectivity index (χ3n) is 10.6. The second kappa shape index (κ2) is 16.8. The summed E-state index contributed by atoms with van der Waals surface area (Å²) >= 11 is 0. The molecule has 268 valence electrons. The number of nitrogens with zero attached hydrogens (tertiary/aromatic N) is 3. The van der Waals surface area contributed by atoms with Crippen molar-refractivity contribution in [1.82, 2.24) is 36.6 Å². The van der Waals surface area contributed by atoms with Gasteiger partial charge in [0.25, 0.3) is 5.91 Å². The van der Waals surface area contributed by atoms with Crippen LogP contribution in [-0.4, -0.2) is 70.1 Å². The van der Waals surface area contributed by atoms with Crippen LogP contribution in [0.2, 0.25) is 0 Å². The first-order valence-electron chi connectivity index (χ1n) is 18.1. The van der Waals surface area contributed by atoms with Crippen LogP contribution < -0.4 is 27.0 Å². The summed E-state index contributed by atoms with van der Waals surface area (Å²) in [5.41, 5.74) is 11.9. The number of aromatic amines is 1. The van der Waals surface area contributed by atoms with Gasteiger partial charge in [-0.25, -0.2) is 5.10 Å². The predicted octanol–water partition coefficient (Wildman–Crippen LogP) is 4.53. The van der Waals surface area contributed by atoms with Gasteiger partial charge in [-0.05, 0) is 147 Å². The van der Waals surface area contributed by atoms with Gasteiger partial charge < -0.3 is 27.0 Å². The summed E-state index contributed by atoms with van der Waals surface area (Å²) in [6, 6.07) is 21.0. The van der Waals surface area contributed by atoms with Crippen molar-refractivity contribution < 1.29 is 14.4 Å². The summed E-state index contributed by atoms with van der Waals surface area (Å²) in [5.74, 6) is 0.419. The zero-order valence-electron chi connectivity index (χ0n) is 29.5. The molecule has 0 spiro atoms. The molecule has 3 aromatic carbocycles. The van der Waals surface area contributed by atoms with Crippen molar-refractivity contribution in [3.63, 3.8) is 0 Å². The van der Waals surface area contributed by atoms with E-state index in [4.69, 9.17) is 5.73 Å². The molecule has 1 aromatic heterocycles. The minimum Gasteiger partial charge on any atom is -0.349 e. The van der Waals surface area contributed by atoms with Crippen molar-refractivity contribution >= 4 is 23.4 Å². The number of aryl methyl sites for hydroxylation is 1. The number of carbonyl (C=O) groups excluding carboxylic acids is 3. The van der Waals surface area contributed by atoms with Gasteiger partial charge in [0, 0.05) is 41.2 Å². The first kappa shape index (κ1) is 35.9. The number of carbonyl (C=O) groups is 3. The molecule has 6 rings (SSSR count). The van der Waals surface area contributed by atoms with E-state index < -0.39 is 6.04 Å². The molecule has 0 bridgehead atoms. The molecule has 0 unspecified atom stereocenters. The van der Waals surface area contributed by atoms with E-state index in [0.717, 1.165) is 79.2 Å². The number of H-pyrrole nitrogens is 1. The summed E-state index contributed by atoms with van der Waals surface area (Å²) in [7, 11) is 2.00. The first-order valence-corrected chi connectivity index (χ1v) is 18.1. The Morgan fingerprint density at radius 2 is 1.55 bits per heavy atom. The maximum Gasteiger partial charge on any atom is 0.251 e. The molecule has 2 fully saturated rings. The number of rotatable bonds is 12. The highest BCUT2D eigenvalue weighted by Gasteiger charge is 2.29. The molecule has 2 saturated carbocycles. The van der Waals surface area contributed by atoms with Crippen LogP contribution in [0.1, 0.15) is 72.9 Å². The Balaban J connectivity index is 1.12. The van der Waals surface area contributed by atoms with Crippen LogP contribution in [0.3, 0.4) is 0 Å². The normalized spacial score (nSPS) is 21.0. The summed E-state index contributed by atoms with van der Waals surface area (Å²) < 4.78 is 0. The maximum atomic E-state index is 13.7. The van der Waals surface area contributed by atoms with Crippen molar-refractivity contribution in [3.8, 4) is 22.5 Å². The minimum atomic E-state index is -0.776. The number of anilines is 1. The van der Waals surface area contributed by atoms with E-state index in [1.54, 1.807) is 12.1 Å². The van der Waals surface area contributed by atoms with Gasteiger partial charge in [-0.2, -0.15) is 0 Å². The van der Waals surface area contributed by atoms with E-state index in [1.807, 2.05) is 68.6 Å². The molecule has 0 saturated heterocycles. The molecule has 2 aliphatic rings. The lowest BCUT2D eigenvalue weighted by Crippen LogP contribution is -2.48. The van der Waals surface area contributed by atoms with Gasteiger partial charge in [-0.1, -0.05) is 30.3 Å². The number of hydrogen-bond donors (Lipinski definition) is 6. The van der Waals surface area contributed by atoms with Crippen LogP contribution in [0.4, 0.5) is 5.69 Å². The van der Waals surface area contributed by atoms with E-state index in [9.17, 15) is 14.4 Å². The molecule has 1 atom stereocenters. The SMILES string of the molecule is CNC1CCC(NC(=O)c2ccc(-c3ccc(C[C@H](NC(=O)[C@H]4CC[C@H](CN)CC4)C(=O)Nc4ccc(-c5nnn[nH]5)cc4)cc3)c(C)c2)CC1. The Hall–Kier alpha value is -4.94. The number of benzene rings is 3. The van der Waals surface area contributed by atoms with Gasteiger partial charge >= 0.3 is 0 Å². The molecular weight excluding hydrogens is 642 g/mol. The highest BCUT2D eigenvalue weighted by Crippen LogP contribution is 2.29. The lowest BCUT2D eigenvalue weighted by molar-refractivity contribution is -0.130. The van der Waals surface area contributed by atoms with Crippen molar-refractivity contribution in [2.45, 2.75) is 82.8 Å². The van der Waals surface area contributed by atoms with E-state index >= 15 is 0 Å². The minimum absolute atomic E-state index is 0.0326. The lowest BCUT2D eigenvalue weighted by atomic mass is 9.81. The summed E-state index contributed by atoms with van der Waals surface area (Å²) in [6.07, 6.45) is 7.81. The van der Waals surface area contributed by atoms with Crippen LogP contribution in [-0.2, 0) is 16.0 Å². The number of hydrogen-bond acceptors (Lipinski definition) is 8. The Morgan fingerprint density at radius 3 is 2.18 bits per heavy atom. The molecule has 7 N–H and O–H groups in total. The number of tetrazole rings is 1. The molecule has 4 aromatic rings. The van der Waals surface area contributed by atoms with E-state index in [1.165, 1.54) is 0 Å². The fraction of sp³-hybridized carbons (Fsp3) is 0.436. The van der Waals surface area contributed by atoms with Crippen LogP contribution in [0.25, 0.3) is 22.5 Å². The average Bonchev–Trinajstić information content (AvgIpc) is 3.71.